The Bertz CT molecular complexity index is 753. The Hall–Kier alpha value is -0.340. The predicted octanol–water partition coefficient (Wildman–Crippen LogP) is 11.6. The fourth-order valence-electron chi connectivity index (χ4n) is 8.99. The molecule has 0 aromatic heterocycles. The van der Waals surface area contributed by atoms with E-state index in [-0.39, 0.29) is 23.0 Å². The van der Waals surface area contributed by atoms with Gasteiger partial charge in [0.2, 0.25) is 0 Å². The van der Waals surface area contributed by atoms with Gasteiger partial charge in [0.1, 0.15) is 0 Å². The van der Waals surface area contributed by atoms with Crippen LogP contribution in [0.4, 0.5) is 0 Å². The molecule has 2 heteroatoms. The van der Waals surface area contributed by atoms with Crippen molar-refractivity contribution in [3.05, 3.63) is 12.2 Å². The van der Waals surface area contributed by atoms with Gasteiger partial charge in [-0.25, -0.2) is 0 Å². The van der Waals surface area contributed by atoms with E-state index in [1.54, 1.807) is 0 Å². The third-order valence-electron chi connectivity index (χ3n) is 12.2. The molecule has 2 fully saturated rings. The van der Waals surface area contributed by atoms with Crippen molar-refractivity contribution < 1.29 is 10.2 Å². The van der Waals surface area contributed by atoms with Gasteiger partial charge in [0, 0.05) is 0 Å². The van der Waals surface area contributed by atoms with Crippen LogP contribution >= 0.6 is 0 Å². The van der Waals surface area contributed by atoms with E-state index in [9.17, 15) is 10.2 Å². The minimum atomic E-state index is -0.105. The summed E-state index contributed by atoms with van der Waals surface area (Å²) in [6, 6.07) is 0. The third-order valence-corrected chi connectivity index (χ3v) is 12.2. The van der Waals surface area contributed by atoms with E-state index in [1.165, 1.54) is 83.5 Å². The summed E-state index contributed by atoms with van der Waals surface area (Å²) < 4.78 is 0. The molecule has 248 valence electrons. The van der Waals surface area contributed by atoms with E-state index in [2.05, 4.69) is 81.4 Å². The van der Waals surface area contributed by atoms with Crippen molar-refractivity contribution >= 4 is 0 Å². The molecule has 0 radical (unpaired) electrons. The Morgan fingerprint density at radius 3 is 1.93 bits per heavy atom. The van der Waals surface area contributed by atoms with Crippen molar-refractivity contribution in [3.8, 4) is 0 Å². The lowest BCUT2D eigenvalue weighted by Gasteiger charge is -2.45. The second-order valence-electron chi connectivity index (χ2n) is 17.7. The first-order chi connectivity index (χ1) is 19.6. The summed E-state index contributed by atoms with van der Waals surface area (Å²) in [5, 5.41) is 20.5. The van der Waals surface area contributed by atoms with Gasteiger partial charge >= 0.3 is 0 Å². The van der Waals surface area contributed by atoms with Gasteiger partial charge < -0.3 is 10.2 Å². The zero-order valence-electron chi connectivity index (χ0n) is 30.1. The highest BCUT2D eigenvalue weighted by Gasteiger charge is 2.40. The first kappa shape index (κ1) is 37.8. The quantitative estimate of drug-likeness (QED) is 0.123. The second kappa shape index (κ2) is 18.0. The number of aliphatic hydroxyl groups is 2. The summed E-state index contributed by atoms with van der Waals surface area (Å²) in [7, 11) is 0. The summed E-state index contributed by atoms with van der Waals surface area (Å²) in [5.74, 6) is 5.79. The lowest BCUT2D eigenvalue weighted by Crippen LogP contribution is -2.40. The highest BCUT2D eigenvalue weighted by molar-refractivity contribution is 4.92. The molecule has 0 aromatic carbocycles. The molecule has 0 saturated heterocycles. The van der Waals surface area contributed by atoms with Crippen LogP contribution in [0.1, 0.15) is 172 Å². The second-order valence-corrected chi connectivity index (χ2v) is 17.7. The van der Waals surface area contributed by atoms with Crippen LogP contribution in [0, 0.1) is 58.2 Å². The molecule has 10 atom stereocenters. The molecular weight excluding hydrogens is 512 g/mol. The fraction of sp³-hybridized carbons (Fsp3) is 0.950. The average Bonchev–Trinajstić information content (AvgIpc) is 2.86. The van der Waals surface area contributed by atoms with Crippen molar-refractivity contribution in [1.82, 2.24) is 0 Å². The average molecular weight is 589 g/mol. The first-order valence-electron chi connectivity index (χ1n) is 18.6. The maximum Gasteiger partial charge on any atom is 0.0571 e. The molecule has 2 aliphatic carbocycles. The minimum Gasteiger partial charge on any atom is -0.393 e. The molecule has 42 heavy (non-hydrogen) atoms. The Morgan fingerprint density at radius 2 is 1.26 bits per heavy atom. The Morgan fingerprint density at radius 1 is 0.667 bits per heavy atom. The van der Waals surface area contributed by atoms with E-state index in [4.69, 9.17) is 0 Å². The van der Waals surface area contributed by atoms with E-state index < -0.39 is 0 Å². The zero-order valence-corrected chi connectivity index (χ0v) is 30.1. The summed E-state index contributed by atoms with van der Waals surface area (Å²) in [6.45, 7) is 23.9. The van der Waals surface area contributed by atoms with Crippen LogP contribution in [-0.2, 0) is 0 Å². The number of hydrogen-bond donors (Lipinski definition) is 2. The van der Waals surface area contributed by atoms with E-state index in [0.29, 0.717) is 17.8 Å². The molecule has 0 bridgehead atoms. The molecule has 2 aliphatic rings. The molecule has 2 saturated carbocycles. The van der Waals surface area contributed by atoms with Crippen LogP contribution in [0.5, 0.6) is 0 Å². The van der Waals surface area contributed by atoms with Crippen molar-refractivity contribution in [1.29, 1.82) is 0 Å². The Kier molecular flexibility index (Phi) is 16.2. The van der Waals surface area contributed by atoms with E-state index in [0.717, 1.165) is 48.9 Å². The van der Waals surface area contributed by atoms with Gasteiger partial charge in [-0.3, -0.25) is 0 Å². The van der Waals surface area contributed by atoms with Crippen molar-refractivity contribution in [2.45, 2.75) is 184 Å². The van der Waals surface area contributed by atoms with Gasteiger partial charge in [0.15, 0.2) is 0 Å². The van der Waals surface area contributed by atoms with Gasteiger partial charge in [0.05, 0.1) is 12.2 Å². The molecule has 0 amide bonds. The summed E-state index contributed by atoms with van der Waals surface area (Å²) in [5.41, 5.74) is 0.567. The molecule has 0 heterocycles. The number of rotatable bonds is 18. The maximum absolute atomic E-state index is 10.3. The first-order valence-corrected chi connectivity index (χ1v) is 18.6. The molecule has 0 spiro atoms. The normalized spacial score (nSPS) is 32.5. The minimum absolute atomic E-state index is 0.0881. The summed E-state index contributed by atoms with van der Waals surface area (Å²) >= 11 is 0. The van der Waals surface area contributed by atoms with Gasteiger partial charge in [0.25, 0.3) is 0 Å². The SMILES string of the molecule is C[C@@H](CCCC[C@H](C)/C=C/C[C@@H](C)CC[C@@H]1C[C@H](C)[C@H](O)CC1(C)C)CCC[C@@H](C)CC[C@@H]1[C@H](C)C[C@H](O)CC1(C)C. The Balaban J connectivity index is 1.51. The number of allylic oxidation sites excluding steroid dienone is 2. The molecule has 2 rings (SSSR count). The van der Waals surface area contributed by atoms with Gasteiger partial charge in [-0.15, -0.1) is 0 Å². The van der Waals surface area contributed by atoms with Crippen LogP contribution in [0.25, 0.3) is 0 Å². The highest BCUT2D eigenvalue weighted by Crippen LogP contribution is 2.47. The lowest BCUT2D eigenvalue weighted by atomic mass is 9.61. The molecule has 0 unspecified atom stereocenters. The maximum atomic E-state index is 10.3. The Labute approximate surface area is 264 Å². The van der Waals surface area contributed by atoms with E-state index in [1.807, 2.05) is 0 Å². The molecular formula is C40H76O2. The van der Waals surface area contributed by atoms with Crippen molar-refractivity contribution in [3.63, 3.8) is 0 Å². The smallest absolute Gasteiger partial charge is 0.0571 e. The van der Waals surface area contributed by atoms with Crippen molar-refractivity contribution in [2.75, 3.05) is 0 Å². The fourth-order valence-corrected chi connectivity index (χ4v) is 8.99. The lowest BCUT2D eigenvalue weighted by molar-refractivity contribution is -0.0206. The van der Waals surface area contributed by atoms with Gasteiger partial charge in [-0.05, 0) is 110 Å². The number of hydrogen-bond acceptors (Lipinski definition) is 2. The van der Waals surface area contributed by atoms with Crippen LogP contribution in [0.15, 0.2) is 12.2 Å². The van der Waals surface area contributed by atoms with Crippen LogP contribution in [0.3, 0.4) is 0 Å². The van der Waals surface area contributed by atoms with Crippen molar-refractivity contribution in [2.24, 2.45) is 58.2 Å². The van der Waals surface area contributed by atoms with Crippen LogP contribution in [-0.4, -0.2) is 22.4 Å². The van der Waals surface area contributed by atoms with Gasteiger partial charge in [-0.2, -0.15) is 0 Å². The highest BCUT2D eigenvalue weighted by atomic mass is 16.3. The largest absolute Gasteiger partial charge is 0.393 e. The zero-order chi connectivity index (χ0) is 31.5. The molecule has 2 N–H and O–H groups in total. The molecule has 0 aromatic rings. The standard InChI is InChI=1S/C40H76O2/c1-29(17-13-19-31(3)21-23-35-25-34(6)38(42)28-39(35,7)8)15-11-12-16-30(2)18-14-20-32(4)22-24-37-33(5)26-36(41)27-40(37,9)10/h13,17,29-38,41-42H,11-12,14-16,18-28H2,1-10H3/b17-13+/t29-,30-,31+,32+,33+,34-,35+,36-,37+,38+/m0/s1. The molecule has 2 nitrogen and oxygen atoms in total. The summed E-state index contributed by atoms with van der Waals surface area (Å²) in [4.78, 5) is 0. The van der Waals surface area contributed by atoms with Gasteiger partial charge in [-0.1, -0.05) is 133 Å². The third kappa shape index (κ3) is 13.3. The number of aliphatic hydroxyl groups excluding tert-OH is 2. The van der Waals surface area contributed by atoms with Crippen LogP contribution in [0.2, 0.25) is 0 Å². The van der Waals surface area contributed by atoms with E-state index >= 15 is 0 Å². The molecule has 0 aliphatic heterocycles. The monoisotopic (exact) mass is 589 g/mol. The van der Waals surface area contributed by atoms with Crippen LogP contribution < -0.4 is 0 Å². The topological polar surface area (TPSA) is 40.5 Å². The summed E-state index contributed by atoms with van der Waals surface area (Å²) in [6.07, 6.45) is 25.1. The number of unbranched alkanes of at least 4 members (excludes halogenated alkanes) is 1. The predicted molar refractivity (Wildman–Crippen MR) is 185 cm³/mol.